The second-order valence-corrected chi connectivity index (χ2v) is 5.42. The number of carbonyl (C=O) groups is 1. The minimum atomic E-state index is -0.646. The minimum absolute atomic E-state index is 0.297. The molecular formula is C16H27N3O. The number of hydrogen-bond donors (Lipinski definition) is 2. The average molecular weight is 277 g/mol. The molecule has 1 aromatic carbocycles. The molecule has 20 heavy (non-hydrogen) atoms. The molecule has 0 heterocycles. The molecule has 0 saturated heterocycles. The lowest BCUT2D eigenvalue weighted by Crippen LogP contribution is -2.54. The van der Waals surface area contributed by atoms with Crippen molar-refractivity contribution in [2.75, 3.05) is 25.0 Å². The van der Waals surface area contributed by atoms with Gasteiger partial charge in [-0.15, -0.1) is 0 Å². The average Bonchev–Trinajstić information content (AvgIpc) is 2.45. The number of anilines is 1. The molecule has 0 fully saturated rings. The molecule has 0 aliphatic rings. The van der Waals surface area contributed by atoms with Crippen LogP contribution in [-0.4, -0.2) is 31.6 Å². The van der Waals surface area contributed by atoms with Crippen LogP contribution in [0.4, 0.5) is 5.69 Å². The molecule has 1 atom stereocenters. The number of carbonyl (C=O) groups excluding carboxylic acids is 1. The molecule has 1 unspecified atom stereocenters. The van der Waals surface area contributed by atoms with Gasteiger partial charge in [0.2, 0.25) is 5.91 Å². The van der Waals surface area contributed by atoms with Gasteiger partial charge in [0, 0.05) is 19.3 Å². The monoisotopic (exact) mass is 277 g/mol. The summed E-state index contributed by atoms with van der Waals surface area (Å²) in [5.74, 6) is -0.297. The number of amides is 1. The molecule has 1 amide bonds. The number of likely N-dealkylation sites (N-methyl/N-ethyl adjacent to an activating group) is 1. The molecule has 0 aliphatic heterocycles. The van der Waals surface area contributed by atoms with E-state index in [0.717, 1.165) is 25.2 Å². The first-order chi connectivity index (χ1) is 9.42. The van der Waals surface area contributed by atoms with Crippen molar-refractivity contribution in [1.82, 2.24) is 5.32 Å². The van der Waals surface area contributed by atoms with Crippen molar-refractivity contribution >= 4 is 11.6 Å². The summed E-state index contributed by atoms with van der Waals surface area (Å²) in [5.41, 5.74) is 7.34. The zero-order chi connectivity index (χ0) is 15.2. The molecule has 4 heteroatoms. The van der Waals surface area contributed by atoms with Crippen molar-refractivity contribution in [3.8, 4) is 0 Å². The van der Waals surface area contributed by atoms with Crippen LogP contribution in [0.1, 0.15) is 32.8 Å². The van der Waals surface area contributed by atoms with Gasteiger partial charge in [0.15, 0.2) is 0 Å². The summed E-state index contributed by atoms with van der Waals surface area (Å²) in [4.78, 5) is 13.7. The first kappa shape index (κ1) is 16.5. The third-order valence-corrected chi connectivity index (χ3v) is 3.84. The molecule has 0 aliphatic carbocycles. The molecule has 0 spiro atoms. The van der Waals surface area contributed by atoms with Gasteiger partial charge in [-0.3, -0.25) is 4.79 Å². The van der Waals surface area contributed by atoms with Crippen LogP contribution in [0.15, 0.2) is 24.3 Å². The number of aryl methyl sites for hydroxylation is 1. The van der Waals surface area contributed by atoms with E-state index in [4.69, 9.17) is 5.73 Å². The maximum atomic E-state index is 11.6. The molecular weight excluding hydrogens is 250 g/mol. The highest BCUT2D eigenvalue weighted by atomic mass is 16.1. The van der Waals surface area contributed by atoms with Crippen LogP contribution < -0.4 is 16.0 Å². The Kier molecular flexibility index (Phi) is 6.02. The predicted molar refractivity (Wildman–Crippen MR) is 85.0 cm³/mol. The van der Waals surface area contributed by atoms with E-state index in [2.05, 4.69) is 41.4 Å². The molecule has 0 bridgehead atoms. The Labute approximate surface area is 122 Å². The van der Waals surface area contributed by atoms with Crippen LogP contribution in [0.3, 0.4) is 0 Å². The fourth-order valence-corrected chi connectivity index (χ4v) is 2.20. The highest BCUT2D eigenvalue weighted by Gasteiger charge is 2.29. The number of rotatable bonds is 8. The fourth-order valence-electron chi connectivity index (χ4n) is 2.20. The minimum Gasteiger partial charge on any atom is -0.375 e. The van der Waals surface area contributed by atoms with E-state index in [1.165, 1.54) is 5.56 Å². The maximum absolute atomic E-state index is 11.6. The van der Waals surface area contributed by atoms with Crippen molar-refractivity contribution < 1.29 is 4.79 Å². The van der Waals surface area contributed by atoms with Crippen molar-refractivity contribution in [2.45, 2.75) is 39.2 Å². The van der Waals surface area contributed by atoms with Gasteiger partial charge in [-0.05, 0) is 44.0 Å². The van der Waals surface area contributed by atoms with Crippen LogP contribution in [0.25, 0.3) is 0 Å². The molecule has 112 valence electrons. The molecule has 0 saturated carbocycles. The van der Waals surface area contributed by atoms with Crippen molar-refractivity contribution in [1.29, 1.82) is 0 Å². The van der Waals surface area contributed by atoms with Gasteiger partial charge >= 0.3 is 0 Å². The van der Waals surface area contributed by atoms with Gasteiger partial charge in [-0.25, -0.2) is 0 Å². The number of nitrogens with two attached hydrogens (primary N) is 1. The Bertz CT molecular complexity index is 430. The van der Waals surface area contributed by atoms with E-state index in [0.29, 0.717) is 6.42 Å². The SMILES string of the molecule is CCNC(C)(CCN(C)c1ccc(CC)cc1)C(N)=O. The lowest BCUT2D eigenvalue weighted by atomic mass is 9.96. The Morgan fingerprint density at radius 2 is 1.90 bits per heavy atom. The van der Waals surface area contributed by atoms with Crippen LogP contribution in [0, 0.1) is 0 Å². The van der Waals surface area contributed by atoms with Gasteiger partial charge in [0.25, 0.3) is 0 Å². The lowest BCUT2D eigenvalue weighted by molar-refractivity contribution is -0.123. The predicted octanol–water partition coefficient (Wildman–Crippen LogP) is 1.93. The molecule has 1 rings (SSSR count). The Morgan fingerprint density at radius 3 is 2.35 bits per heavy atom. The van der Waals surface area contributed by atoms with Crippen molar-refractivity contribution in [3.63, 3.8) is 0 Å². The quantitative estimate of drug-likeness (QED) is 0.763. The first-order valence-electron chi connectivity index (χ1n) is 7.28. The maximum Gasteiger partial charge on any atom is 0.237 e. The second-order valence-electron chi connectivity index (χ2n) is 5.42. The highest BCUT2D eigenvalue weighted by Crippen LogP contribution is 2.17. The summed E-state index contributed by atoms with van der Waals surface area (Å²) in [6.45, 7) is 7.50. The summed E-state index contributed by atoms with van der Waals surface area (Å²) < 4.78 is 0. The fraction of sp³-hybridized carbons (Fsp3) is 0.562. The van der Waals surface area contributed by atoms with Crippen LogP contribution in [0.5, 0.6) is 0 Å². The van der Waals surface area contributed by atoms with Gasteiger partial charge in [0.05, 0.1) is 5.54 Å². The topological polar surface area (TPSA) is 58.4 Å². The van der Waals surface area contributed by atoms with Gasteiger partial charge in [-0.2, -0.15) is 0 Å². The van der Waals surface area contributed by atoms with Gasteiger partial charge in [-0.1, -0.05) is 26.0 Å². The van der Waals surface area contributed by atoms with E-state index in [9.17, 15) is 4.79 Å². The lowest BCUT2D eigenvalue weighted by Gasteiger charge is -2.30. The number of nitrogens with one attached hydrogen (secondary N) is 1. The zero-order valence-corrected chi connectivity index (χ0v) is 13.1. The molecule has 0 aromatic heterocycles. The largest absolute Gasteiger partial charge is 0.375 e. The molecule has 0 radical (unpaired) electrons. The summed E-state index contributed by atoms with van der Waals surface area (Å²) in [6, 6.07) is 8.52. The third kappa shape index (κ3) is 4.23. The van der Waals surface area contributed by atoms with E-state index in [-0.39, 0.29) is 5.91 Å². The summed E-state index contributed by atoms with van der Waals surface area (Å²) in [7, 11) is 2.04. The number of benzene rings is 1. The smallest absolute Gasteiger partial charge is 0.237 e. The highest BCUT2D eigenvalue weighted by molar-refractivity contribution is 5.84. The van der Waals surface area contributed by atoms with E-state index < -0.39 is 5.54 Å². The Balaban J connectivity index is 2.64. The normalized spacial score (nSPS) is 13.8. The number of primary amides is 1. The van der Waals surface area contributed by atoms with Gasteiger partial charge < -0.3 is 16.0 Å². The Morgan fingerprint density at radius 1 is 1.30 bits per heavy atom. The van der Waals surface area contributed by atoms with Crippen LogP contribution in [0.2, 0.25) is 0 Å². The van der Waals surface area contributed by atoms with E-state index in [1.54, 1.807) is 0 Å². The number of hydrogen-bond acceptors (Lipinski definition) is 3. The van der Waals surface area contributed by atoms with Crippen LogP contribution in [-0.2, 0) is 11.2 Å². The van der Waals surface area contributed by atoms with Crippen molar-refractivity contribution in [2.24, 2.45) is 5.73 Å². The Hall–Kier alpha value is -1.55. The third-order valence-electron chi connectivity index (χ3n) is 3.84. The standard InChI is InChI=1S/C16H27N3O/c1-5-13-7-9-14(10-8-13)19(4)12-11-16(3,15(17)20)18-6-2/h7-10,18H,5-6,11-12H2,1-4H3,(H2,17,20). The van der Waals surface area contributed by atoms with Gasteiger partial charge in [0.1, 0.15) is 0 Å². The second kappa shape index (κ2) is 7.29. The number of nitrogens with zero attached hydrogens (tertiary/aromatic N) is 1. The zero-order valence-electron chi connectivity index (χ0n) is 13.1. The summed E-state index contributed by atoms with van der Waals surface area (Å²) in [5, 5.41) is 3.18. The molecule has 1 aromatic rings. The summed E-state index contributed by atoms with van der Waals surface area (Å²) in [6.07, 6.45) is 1.73. The molecule has 3 N–H and O–H groups in total. The summed E-state index contributed by atoms with van der Waals surface area (Å²) >= 11 is 0. The van der Waals surface area contributed by atoms with E-state index >= 15 is 0 Å². The van der Waals surface area contributed by atoms with E-state index in [1.807, 2.05) is 20.9 Å². The first-order valence-corrected chi connectivity index (χ1v) is 7.28. The van der Waals surface area contributed by atoms with Crippen molar-refractivity contribution in [3.05, 3.63) is 29.8 Å². The van der Waals surface area contributed by atoms with Crippen LogP contribution >= 0.6 is 0 Å². The molecule has 4 nitrogen and oxygen atoms in total.